The monoisotopic (exact) mass is 548 g/mol. The molecule has 2 aliphatic rings. The van der Waals surface area contributed by atoms with Crippen LogP contribution in [0.3, 0.4) is 0 Å². The van der Waals surface area contributed by atoms with Gasteiger partial charge in [-0.1, -0.05) is 0 Å². The van der Waals surface area contributed by atoms with Crippen molar-refractivity contribution < 1.29 is 18.1 Å². The Balaban J connectivity index is 1.61. The number of aromatic nitrogens is 3. The van der Waals surface area contributed by atoms with Crippen molar-refractivity contribution in [2.24, 2.45) is 0 Å². The molecule has 0 atom stereocenters. The van der Waals surface area contributed by atoms with E-state index in [1.165, 1.54) is 34.3 Å². The highest BCUT2D eigenvalue weighted by Gasteiger charge is 2.32. The third-order valence-electron chi connectivity index (χ3n) is 6.73. The van der Waals surface area contributed by atoms with Crippen LogP contribution in [0.25, 0.3) is 21.3 Å². The molecule has 3 aromatic rings. The number of aryl methyl sites for hydroxylation is 1. The number of nitro groups is 1. The van der Waals surface area contributed by atoms with Crippen molar-refractivity contribution in [2.75, 3.05) is 69.4 Å². The maximum atomic E-state index is 12.4. The van der Waals surface area contributed by atoms with Crippen molar-refractivity contribution in [1.29, 1.82) is 0 Å². The fourth-order valence-corrected chi connectivity index (χ4v) is 6.93. The predicted molar refractivity (Wildman–Crippen MR) is 141 cm³/mol. The molecular weight excluding hydrogens is 520 g/mol. The van der Waals surface area contributed by atoms with E-state index in [2.05, 4.69) is 19.8 Å². The summed E-state index contributed by atoms with van der Waals surface area (Å²) in [4.78, 5) is 30.2. The summed E-state index contributed by atoms with van der Waals surface area (Å²) in [5.41, 5.74) is 7.02. The Morgan fingerprint density at radius 2 is 1.78 bits per heavy atom. The molecule has 0 bridgehead atoms. The summed E-state index contributed by atoms with van der Waals surface area (Å²) in [7, 11) is -3.23. The lowest BCUT2D eigenvalue weighted by molar-refractivity contribution is -0.382. The van der Waals surface area contributed by atoms with Crippen LogP contribution in [0.1, 0.15) is 10.4 Å². The smallest absolute Gasteiger partial charge is 0.304 e. The van der Waals surface area contributed by atoms with Crippen LogP contribution >= 0.6 is 11.3 Å². The van der Waals surface area contributed by atoms with Crippen LogP contribution in [0.15, 0.2) is 12.4 Å². The first-order valence-corrected chi connectivity index (χ1v) is 14.5. The molecule has 0 spiro atoms. The lowest BCUT2D eigenvalue weighted by atomic mass is 10.1. The van der Waals surface area contributed by atoms with Crippen LogP contribution in [-0.2, 0) is 21.3 Å². The van der Waals surface area contributed by atoms with Crippen molar-refractivity contribution in [1.82, 2.24) is 24.2 Å². The Bertz CT molecular complexity index is 1430. The Hall–Kier alpha value is -2.98. The molecule has 0 amide bonds. The number of rotatable bonds is 6. The summed E-state index contributed by atoms with van der Waals surface area (Å²) in [6.45, 7) is 6.83. The highest BCUT2D eigenvalue weighted by atomic mass is 32.2. The Kier molecular flexibility index (Phi) is 6.97. The number of hydrogen-bond donors (Lipinski definition) is 1. The lowest BCUT2D eigenvalue weighted by Gasteiger charge is -2.33. The second-order valence-electron chi connectivity index (χ2n) is 9.11. The molecule has 0 aromatic carbocycles. The molecule has 2 aliphatic heterocycles. The van der Waals surface area contributed by atoms with Crippen LogP contribution in [0.5, 0.6) is 0 Å². The fraction of sp³-hybridized carbons (Fsp3) is 0.500. The number of ether oxygens (including phenoxy) is 1. The van der Waals surface area contributed by atoms with Gasteiger partial charge in [0.2, 0.25) is 16.0 Å². The van der Waals surface area contributed by atoms with E-state index in [1.807, 2.05) is 6.92 Å². The molecule has 13 nitrogen and oxygen atoms in total. The number of sulfonamides is 1. The molecule has 0 unspecified atom stereocenters. The summed E-state index contributed by atoms with van der Waals surface area (Å²) in [6, 6.07) is 0. The van der Waals surface area contributed by atoms with Gasteiger partial charge >= 0.3 is 5.69 Å². The molecule has 0 aliphatic carbocycles. The van der Waals surface area contributed by atoms with Crippen molar-refractivity contribution in [3.05, 3.63) is 32.9 Å². The zero-order valence-electron chi connectivity index (χ0n) is 20.6. The number of piperazine rings is 1. The van der Waals surface area contributed by atoms with E-state index in [4.69, 9.17) is 15.5 Å². The maximum Gasteiger partial charge on any atom is 0.304 e. The van der Waals surface area contributed by atoms with E-state index >= 15 is 0 Å². The van der Waals surface area contributed by atoms with Gasteiger partial charge in [-0.25, -0.2) is 23.4 Å². The Morgan fingerprint density at radius 1 is 1.14 bits per heavy atom. The van der Waals surface area contributed by atoms with Crippen LogP contribution in [0, 0.1) is 17.0 Å². The van der Waals surface area contributed by atoms with E-state index in [0.717, 1.165) is 15.1 Å². The van der Waals surface area contributed by atoms with Gasteiger partial charge in [0, 0.05) is 68.6 Å². The molecule has 5 rings (SSSR count). The number of anilines is 2. The van der Waals surface area contributed by atoms with E-state index in [-0.39, 0.29) is 17.3 Å². The van der Waals surface area contributed by atoms with E-state index in [1.54, 1.807) is 0 Å². The topological polar surface area (TPSA) is 161 Å². The average molecular weight is 549 g/mol. The van der Waals surface area contributed by atoms with Gasteiger partial charge in [0.15, 0.2) is 5.69 Å². The van der Waals surface area contributed by atoms with Crippen LogP contribution in [-0.4, -0.2) is 96.2 Å². The third kappa shape index (κ3) is 5.09. The highest BCUT2D eigenvalue weighted by Crippen LogP contribution is 2.46. The summed E-state index contributed by atoms with van der Waals surface area (Å²) in [5, 5.41) is 13.0. The molecule has 198 valence electrons. The van der Waals surface area contributed by atoms with Gasteiger partial charge < -0.3 is 15.4 Å². The molecular formula is C22H28N8O5S2. The molecule has 0 saturated carbocycles. The van der Waals surface area contributed by atoms with E-state index < -0.39 is 14.9 Å². The fourth-order valence-electron chi connectivity index (χ4n) is 4.73. The van der Waals surface area contributed by atoms with E-state index in [0.29, 0.717) is 75.8 Å². The Labute approximate surface area is 218 Å². The number of hydrogen-bond acceptors (Lipinski definition) is 12. The predicted octanol–water partition coefficient (Wildman–Crippen LogP) is 1.47. The number of nitrogen functional groups attached to an aromatic ring is 1. The number of nitrogens with zero attached hydrogens (tertiary/aromatic N) is 7. The van der Waals surface area contributed by atoms with Gasteiger partial charge in [0.25, 0.3) is 0 Å². The van der Waals surface area contributed by atoms with Crippen LogP contribution in [0.2, 0.25) is 0 Å². The number of nitrogens with two attached hydrogens (primary N) is 1. The molecule has 5 heterocycles. The number of fused-ring (bicyclic) bond motifs is 1. The molecule has 37 heavy (non-hydrogen) atoms. The van der Waals surface area contributed by atoms with Gasteiger partial charge in [0.05, 0.1) is 34.5 Å². The van der Waals surface area contributed by atoms with Gasteiger partial charge in [-0.05, 0) is 12.5 Å². The molecule has 0 radical (unpaired) electrons. The Morgan fingerprint density at radius 3 is 2.38 bits per heavy atom. The average Bonchev–Trinajstić information content (AvgIpc) is 3.19. The lowest BCUT2D eigenvalue weighted by Crippen LogP contribution is -2.47. The summed E-state index contributed by atoms with van der Waals surface area (Å²) >= 11 is 1.51. The number of morpholine rings is 1. The minimum absolute atomic E-state index is 0.0749. The van der Waals surface area contributed by atoms with Crippen molar-refractivity contribution in [3.8, 4) is 11.3 Å². The van der Waals surface area contributed by atoms with E-state index in [9.17, 15) is 18.5 Å². The summed E-state index contributed by atoms with van der Waals surface area (Å²) in [6.07, 6.45) is 4.13. The van der Waals surface area contributed by atoms with Gasteiger partial charge in [-0.3, -0.25) is 15.0 Å². The van der Waals surface area contributed by atoms with Crippen molar-refractivity contribution in [3.63, 3.8) is 0 Å². The first-order valence-electron chi connectivity index (χ1n) is 11.8. The van der Waals surface area contributed by atoms with Gasteiger partial charge in [-0.15, -0.1) is 11.3 Å². The molecule has 15 heteroatoms. The zero-order chi connectivity index (χ0) is 26.3. The standard InChI is InChI=1S/C22H28N8O5S2/c1-14-16(13-27-3-5-29(6-4-27)37(2,33)34)36-20-17(14)19(30(31)32)18(15-11-24-22(23)25-12-15)26-21(20)28-7-9-35-10-8-28/h11-12H,3-10,13H2,1-2H3,(H2,23,24,25). The minimum Gasteiger partial charge on any atom is -0.378 e. The molecule has 2 saturated heterocycles. The van der Waals surface area contributed by atoms with Crippen molar-refractivity contribution >= 4 is 48.9 Å². The number of pyridine rings is 1. The minimum atomic E-state index is -3.23. The second kappa shape index (κ2) is 10.1. The quantitative estimate of drug-likeness (QED) is 0.351. The number of thiophene rings is 1. The molecule has 2 fully saturated rings. The molecule has 2 N–H and O–H groups in total. The van der Waals surface area contributed by atoms with Crippen molar-refractivity contribution in [2.45, 2.75) is 13.5 Å². The normalized spacial score (nSPS) is 17.9. The highest BCUT2D eigenvalue weighted by molar-refractivity contribution is 7.88. The van der Waals surface area contributed by atoms with Crippen LogP contribution in [0.4, 0.5) is 17.5 Å². The summed E-state index contributed by atoms with van der Waals surface area (Å²) < 4.78 is 31.5. The second-order valence-corrected chi connectivity index (χ2v) is 12.2. The largest absolute Gasteiger partial charge is 0.378 e. The third-order valence-corrected chi connectivity index (χ3v) is 9.31. The molecule has 3 aromatic heterocycles. The summed E-state index contributed by atoms with van der Waals surface area (Å²) in [5.74, 6) is 0.753. The zero-order valence-corrected chi connectivity index (χ0v) is 22.2. The SMILES string of the molecule is Cc1c(CN2CCN(S(C)(=O)=O)CC2)sc2c(N3CCOCC3)nc(-c3cnc(N)nc3)c([N+](=O)[O-])c12. The van der Waals surface area contributed by atoms with Gasteiger partial charge in [0.1, 0.15) is 5.82 Å². The first-order chi connectivity index (χ1) is 17.6. The van der Waals surface area contributed by atoms with Gasteiger partial charge in [-0.2, -0.15) is 4.31 Å². The van der Waals surface area contributed by atoms with Crippen LogP contribution < -0.4 is 10.6 Å². The maximum absolute atomic E-state index is 12.4. The first kappa shape index (κ1) is 25.7.